The van der Waals surface area contributed by atoms with Gasteiger partial charge in [0, 0.05) is 26.5 Å². The highest BCUT2D eigenvalue weighted by Gasteiger charge is 2.38. The third-order valence-corrected chi connectivity index (χ3v) is 10.6. The Bertz CT molecular complexity index is 2240. The molecular formula is C39H30F3NOP+. The van der Waals surface area contributed by atoms with Gasteiger partial charge in [-0.1, -0.05) is 103 Å². The predicted octanol–water partition coefficient (Wildman–Crippen LogP) is 9.14. The molecule has 0 saturated carbocycles. The molecule has 0 aliphatic carbocycles. The van der Waals surface area contributed by atoms with Gasteiger partial charge in [0.25, 0.3) is 0 Å². The van der Waals surface area contributed by atoms with Crippen molar-refractivity contribution in [1.82, 2.24) is 0 Å². The van der Waals surface area contributed by atoms with Crippen molar-refractivity contribution in [3.63, 3.8) is 0 Å². The monoisotopic (exact) mass is 619 g/mol. The molecule has 2 aromatic heterocycles. The van der Waals surface area contributed by atoms with Crippen molar-refractivity contribution in [1.29, 1.82) is 0 Å². The molecule has 0 N–H and O–H groups in total. The van der Waals surface area contributed by atoms with Crippen molar-refractivity contribution in [2.24, 2.45) is 7.05 Å². The number of furan rings is 1. The van der Waals surface area contributed by atoms with E-state index in [4.69, 9.17) is 8.53 Å². The van der Waals surface area contributed by atoms with Crippen LogP contribution >= 0.6 is 7.92 Å². The molecule has 0 unspecified atom stereocenters. The van der Waals surface area contributed by atoms with E-state index in [-0.39, 0.29) is 16.7 Å². The molecule has 6 heteroatoms. The lowest BCUT2D eigenvalue weighted by molar-refractivity contribution is -0.660. The molecule has 0 fully saturated rings. The van der Waals surface area contributed by atoms with Gasteiger partial charge in [0.15, 0.2) is 6.20 Å². The molecule has 2 nitrogen and oxygen atoms in total. The topological polar surface area (TPSA) is 17.0 Å². The number of halogens is 3. The zero-order valence-electron chi connectivity index (χ0n) is 27.6. The summed E-state index contributed by atoms with van der Waals surface area (Å²) in [5.74, 6) is 0. The molecular weight excluding hydrogens is 586 g/mol. The number of fused-ring (bicyclic) bond motifs is 3. The Labute approximate surface area is 265 Å². The van der Waals surface area contributed by atoms with Gasteiger partial charge in [-0.05, 0) is 66.4 Å². The molecule has 0 radical (unpaired) electrons. The molecule has 0 aliphatic rings. The number of aryl methyl sites for hydroxylation is 3. The van der Waals surface area contributed by atoms with Gasteiger partial charge in [-0.3, -0.25) is 0 Å². The lowest BCUT2D eigenvalue weighted by Gasteiger charge is -2.20. The smallest absolute Gasteiger partial charge is 0.420 e. The maximum atomic E-state index is 15.1. The summed E-state index contributed by atoms with van der Waals surface area (Å²) in [6.07, 6.45) is -3.18. The van der Waals surface area contributed by atoms with Crippen molar-refractivity contribution < 1.29 is 26.3 Å². The van der Waals surface area contributed by atoms with Gasteiger partial charge >= 0.3 is 6.18 Å². The number of pyridine rings is 1. The quantitative estimate of drug-likeness (QED) is 0.139. The van der Waals surface area contributed by atoms with Crippen molar-refractivity contribution in [2.45, 2.75) is 20.0 Å². The summed E-state index contributed by atoms with van der Waals surface area (Å²) in [6, 6.07) is 37.7. The Hall–Kier alpha value is -4.73. The van der Waals surface area contributed by atoms with E-state index in [1.54, 1.807) is 41.9 Å². The van der Waals surface area contributed by atoms with Crippen LogP contribution in [0.2, 0.25) is 0 Å². The summed E-state index contributed by atoms with van der Waals surface area (Å²) < 4.78 is 76.4. The Morgan fingerprint density at radius 3 is 1.89 bits per heavy atom. The Balaban J connectivity index is 1.38. The molecule has 0 amide bonds. The van der Waals surface area contributed by atoms with Crippen molar-refractivity contribution in [3.05, 3.63) is 144 Å². The number of hydrogen-bond acceptors (Lipinski definition) is 1. The molecule has 2 heterocycles. The minimum Gasteiger partial charge on any atom is -0.454 e. The maximum absolute atomic E-state index is 15.1. The summed E-state index contributed by atoms with van der Waals surface area (Å²) >= 11 is 0. The second kappa shape index (κ2) is 11.3. The maximum Gasteiger partial charge on any atom is 0.420 e. The third kappa shape index (κ3) is 5.22. The first kappa shape index (κ1) is 25.6. The molecule has 0 aliphatic heterocycles. The number of alkyl halides is 3. The van der Waals surface area contributed by atoms with Gasteiger partial charge in [0.2, 0.25) is 5.69 Å². The van der Waals surface area contributed by atoms with Crippen molar-refractivity contribution in [2.75, 3.05) is 0 Å². The fourth-order valence-electron chi connectivity index (χ4n) is 6.10. The SMILES string of the molecule is [2H]C([2H])([2H])c1ccc(-c2c(C)ccc3c2oc2c(C(F)(F)F)c(-c4ccc(P(c5ccccc5)c5ccccc5)cc4)ccc23)[n+](C)c1. The summed E-state index contributed by atoms with van der Waals surface area (Å²) in [5, 5.41) is 4.24. The number of nitrogens with zero attached hydrogens (tertiary/aromatic N) is 1. The van der Waals surface area contributed by atoms with E-state index < -0.39 is 26.5 Å². The van der Waals surface area contributed by atoms with Crippen LogP contribution in [0.1, 0.15) is 20.8 Å². The Kier molecular flexibility index (Phi) is 6.44. The Morgan fingerprint density at radius 2 is 1.29 bits per heavy atom. The molecule has 7 aromatic rings. The van der Waals surface area contributed by atoms with Gasteiger partial charge in [0.05, 0.1) is 5.56 Å². The molecule has 45 heavy (non-hydrogen) atoms. The second-order valence-electron chi connectivity index (χ2n) is 11.1. The van der Waals surface area contributed by atoms with Crippen LogP contribution < -0.4 is 20.5 Å². The third-order valence-electron chi connectivity index (χ3n) is 8.16. The fourth-order valence-corrected chi connectivity index (χ4v) is 8.38. The largest absolute Gasteiger partial charge is 0.454 e. The van der Waals surface area contributed by atoms with E-state index in [1.165, 1.54) is 18.3 Å². The first-order chi connectivity index (χ1) is 22.9. The Morgan fingerprint density at radius 1 is 0.689 bits per heavy atom. The van der Waals surface area contributed by atoms with Gasteiger partial charge < -0.3 is 4.42 Å². The molecule has 5 aromatic carbocycles. The predicted molar refractivity (Wildman–Crippen MR) is 179 cm³/mol. The van der Waals surface area contributed by atoms with Gasteiger partial charge in [-0.15, -0.1) is 0 Å². The number of rotatable bonds is 5. The molecule has 7 rings (SSSR count). The second-order valence-corrected chi connectivity index (χ2v) is 13.3. The lowest BCUT2D eigenvalue weighted by Crippen LogP contribution is -2.31. The van der Waals surface area contributed by atoms with Crippen LogP contribution in [0.15, 0.2) is 132 Å². The minimum absolute atomic E-state index is 0.0372. The highest BCUT2D eigenvalue weighted by atomic mass is 31.1. The van der Waals surface area contributed by atoms with Crippen LogP contribution in [0.5, 0.6) is 0 Å². The van der Waals surface area contributed by atoms with Crippen molar-refractivity contribution in [3.8, 4) is 22.4 Å². The first-order valence-corrected chi connectivity index (χ1v) is 15.8. The summed E-state index contributed by atoms with van der Waals surface area (Å²) in [7, 11) is 0.804. The first-order valence-electron chi connectivity index (χ1n) is 16.0. The number of hydrogen-bond donors (Lipinski definition) is 0. The molecule has 0 bridgehead atoms. The lowest BCUT2D eigenvalue weighted by atomic mass is 9.95. The zero-order chi connectivity index (χ0) is 33.8. The van der Waals surface area contributed by atoms with Crippen LogP contribution in [-0.2, 0) is 13.2 Å². The average molecular weight is 620 g/mol. The summed E-state index contributed by atoms with van der Waals surface area (Å²) in [5.41, 5.74) is 1.92. The van der Waals surface area contributed by atoms with Crippen LogP contribution in [-0.4, -0.2) is 0 Å². The summed E-state index contributed by atoms with van der Waals surface area (Å²) in [6.45, 7) is -0.436. The molecule has 0 atom stereocenters. The number of aromatic nitrogens is 1. The fraction of sp³-hybridized carbons (Fsp3) is 0.103. The van der Waals surface area contributed by atoms with E-state index >= 15 is 13.2 Å². The molecule has 222 valence electrons. The van der Waals surface area contributed by atoms with Crippen LogP contribution in [0.3, 0.4) is 0 Å². The molecule has 0 spiro atoms. The average Bonchev–Trinajstić information content (AvgIpc) is 3.43. The van der Waals surface area contributed by atoms with Gasteiger partial charge in [-0.25, -0.2) is 4.57 Å². The highest BCUT2D eigenvalue weighted by Crippen LogP contribution is 2.46. The van der Waals surface area contributed by atoms with E-state index in [2.05, 4.69) is 24.3 Å². The number of benzene rings is 5. The van der Waals surface area contributed by atoms with Gasteiger partial charge in [-0.2, -0.15) is 13.2 Å². The van der Waals surface area contributed by atoms with E-state index in [0.717, 1.165) is 21.5 Å². The van der Waals surface area contributed by atoms with Crippen LogP contribution in [0.4, 0.5) is 13.2 Å². The molecule has 0 saturated heterocycles. The summed E-state index contributed by atoms with van der Waals surface area (Å²) in [4.78, 5) is 0. The van der Waals surface area contributed by atoms with Gasteiger partial charge in [0.1, 0.15) is 23.8 Å². The highest BCUT2D eigenvalue weighted by molar-refractivity contribution is 7.79. The van der Waals surface area contributed by atoms with Crippen LogP contribution in [0.25, 0.3) is 44.3 Å². The van der Waals surface area contributed by atoms with E-state index in [0.29, 0.717) is 33.2 Å². The van der Waals surface area contributed by atoms with Crippen molar-refractivity contribution >= 4 is 45.8 Å². The standard InChI is InChI=1S/C39H30F3NOP/c1-25-14-23-34(43(3)24-25)35-26(2)15-20-32-33-22-21-31(36(39(40,41)42)38(33)44-37(32)35)27-16-18-30(19-17-27)45(28-10-6-4-7-11-28)29-12-8-5-9-13-29/h4-24H,1-3H3/q+1/i1D3. The zero-order valence-corrected chi connectivity index (χ0v) is 25.5. The van der Waals surface area contributed by atoms with E-state index in [9.17, 15) is 0 Å². The van der Waals surface area contributed by atoms with Crippen LogP contribution in [0, 0.1) is 13.8 Å². The minimum atomic E-state index is -4.71. The van der Waals surface area contributed by atoms with E-state index in [1.807, 2.05) is 61.5 Å². The normalized spacial score (nSPS) is 13.2.